The molecule has 14 heavy (non-hydrogen) atoms. The van der Waals surface area contributed by atoms with Gasteiger partial charge in [-0.2, -0.15) is 0 Å². The van der Waals surface area contributed by atoms with E-state index >= 15 is 0 Å². The predicted octanol–water partition coefficient (Wildman–Crippen LogP) is 4.39. The van der Waals surface area contributed by atoms with Gasteiger partial charge in [0.1, 0.15) is 0 Å². The van der Waals surface area contributed by atoms with Crippen LogP contribution < -0.4 is 0 Å². The van der Waals surface area contributed by atoms with Gasteiger partial charge in [-0.25, -0.2) is 0 Å². The fourth-order valence-electron chi connectivity index (χ4n) is 1.06. The zero-order valence-electron chi connectivity index (χ0n) is 10.2. The minimum atomic E-state index is -1.02. The van der Waals surface area contributed by atoms with Gasteiger partial charge in [0.15, 0.2) is 0 Å². The molecule has 1 heteroatoms. The molecule has 0 spiro atoms. The van der Waals surface area contributed by atoms with Gasteiger partial charge in [-0.15, -0.1) is 0 Å². The van der Waals surface area contributed by atoms with E-state index in [0.29, 0.717) is 0 Å². The highest BCUT2D eigenvalue weighted by molar-refractivity contribution is 6.81. The van der Waals surface area contributed by atoms with Gasteiger partial charge in [-0.05, 0) is 12.5 Å². The van der Waals surface area contributed by atoms with Crippen LogP contribution in [0.4, 0.5) is 0 Å². The van der Waals surface area contributed by atoms with Crippen molar-refractivity contribution in [2.75, 3.05) is 0 Å². The van der Waals surface area contributed by atoms with E-state index < -0.39 is 8.07 Å². The normalized spacial score (nSPS) is 11.4. The highest BCUT2D eigenvalue weighted by atomic mass is 28.3. The van der Waals surface area contributed by atoms with Gasteiger partial charge in [-0.1, -0.05) is 63.4 Å². The van der Waals surface area contributed by atoms with E-state index in [1.165, 1.54) is 25.7 Å². The molecular formula is C13H24Si. The quantitative estimate of drug-likeness (QED) is 0.357. The average molecular weight is 208 g/mol. The van der Waals surface area contributed by atoms with E-state index in [-0.39, 0.29) is 0 Å². The van der Waals surface area contributed by atoms with Crippen molar-refractivity contribution in [2.24, 2.45) is 0 Å². The Morgan fingerprint density at radius 1 is 1.07 bits per heavy atom. The van der Waals surface area contributed by atoms with Crippen LogP contribution in [0.5, 0.6) is 0 Å². The highest BCUT2D eigenvalue weighted by Gasteiger charge is 2.05. The van der Waals surface area contributed by atoms with Gasteiger partial charge in [0, 0.05) is 6.42 Å². The number of allylic oxidation sites excluding steroid dienone is 1. The maximum Gasteiger partial charge on any atom is 0.0695 e. The van der Waals surface area contributed by atoms with Crippen LogP contribution in [0.2, 0.25) is 19.6 Å². The number of rotatable bonds is 5. The van der Waals surface area contributed by atoms with Gasteiger partial charge in [0.2, 0.25) is 0 Å². The summed E-state index contributed by atoms with van der Waals surface area (Å²) in [6, 6.07) is 0. The SMILES string of the molecule is CCCCCCC#C/C=C/[Si](C)(C)C. The maximum absolute atomic E-state index is 3.20. The van der Waals surface area contributed by atoms with Gasteiger partial charge in [0.25, 0.3) is 0 Å². The first-order valence-electron chi connectivity index (χ1n) is 5.72. The van der Waals surface area contributed by atoms with Crippen molar-refractivity contribution in [3.63, 3.8) is 0 Å². The third-order valence-electron chi connectivity index (χ3n) is 1.92. The van der Waals surface area contributed by atoms with Crippen molar-refractivity contribution in [3.8, 4) is 11.8 Å². The van der Waals surface area contributed by atoms with E-state index in [1.54, 1.807) is 0 Å². The lowest BCUT2D eigenvalue weighted by Gasteiger charge is -2.05. The second-order valence-corrected chi connectivity index (χ2v) is 9.90. The predicted molar refractivity (Wildman–Crippen MR) is 69.0 cm³/mol. The zero-order valence-corrected chi connectivity index (χ0v) is 11.2. The topological polar surface area (TPSA) is 0 Å². The Labute approximate surface area is 90.8 Å². The van der Waals surface area contributed by atoms with E-state index in [9.17, 15) is 0 Å². The minimum Gasteiger partial charge on any atom is -0.0985 e. The zero-order chi connectivity index (χ0) is 10.9. The molecule has 0 aromatic rings. The standard InChI is InChI=1S/C13H24Si/c1-5-6-7-8-9-10-11-12-13-14(2,3)4/h12-13H,5-9H2,1-4H3/b13-12+. The Morgan fingerprint density at radius 3 is 2.36 bits per heavy atom. The molecule has 0 radical (unpaired) electrons. The summed E-state index contributed by atoms with van der Waals surface area (Å²) >= 11 is 0. The molecule has 0 aliphatic rings. The summed E-state index contributed by atoms with van der Waals surface area (Å²) in [5.74, 6) is 6.33. The van der Waals surface area contributed by atoms with Crippen molar-refractivity contribution in [1.29, 1.82) is 0 Å². The highest BCUT2D eigenvalue weighted by Crippen LogP contribution is 2.02. The van der Waals surface area contributed by atoms with Crippen molar-refractivity contribution in [2.45, 2.75) is 58.7 Å². The van der Waals surface area contributed by atoms with Crippen molar-refractivity contribution < 1.29 is 0 Å². The first-order valence-corrected chi connectivity index (χ1v) is 9.30. The molecule has 0 bridgehead atoms. The molecule has 0 aromatic carbocycles. The summed E-state index contributed by atoms with van der Waals surface area (Å²) in [6.45, 7) is 9.22. The number of unbranched alkanes of at least 4 members (excludes halogenated alkanes) is 4. The lowest BCUT2D eigenvalue weighted by atomic mass is 10.2. The van der Waals surface area contributed by atoms with Crippen molar-refractivity contribution >= 4 is 8.07 Å². The Kier molecular flexibility index (Phi) is 7.61. The van der Waals surface area contributed by atoms with Crippen LogP contribution in [0.3, 0.4) is 0 Å². The fraction of sp³-hybridized carbons (Fsp3) is 0.692. The van der Waals surface area contributed by atoms with Gasteiger partial charge in [-0.3, -0.25) is 0 Å². The third kappa shape index (κ3) is 11.5. The Balaban J connectivity index is 3.49. The molecule has 0 fully saturated rings. The summed E-state index contributed by atoms with van der Waals surface area (Å²) in [5.41, 5.74) is 2.30. The van der Waals surface area contributed by atoms with Crippen LogP contribution in [0.15, 0.2) is 11.8 Å². The van der Waals surface area contributed by atoms with E-state index in [4.69, 9.17) is 0 Å². The molecule has 0 saturated carbocycles. The number of hydrogen-bond donors (Lipinski definition) is 0. The maximum atomic E-state index is 3.20. The first kappa shape index (κ1) is 13.5. The Hall–Kier alpha value is -0.483. The molecule has 0 aromatic heterocycles. The van der Waals surface area contributed by atoms with Gasteiger partial charge >= 0.3 is 0 Å². The Bertz CT molecular complexity index is 210. The molecule has 0 aliphatic heterocycles. The van der Waals surface area contributed by atoms with Crippen molar-refractivity contribution in [3.05, 3.63) is 11.8 Å². The molecule has 0 aliphatic carbocycles. The lowest BCUT2D eigenvalue weighted by Crippen LogP contribution is -2.14. The van der Waals surface area contributed by atoms with Crippen LogP contribution in [0.1, 0.15) is 39.0 Å². The lowest BCUT2D eigenvalue weighted by molar-refractivity contribution is 0.679. The molecule has 0 nitrogen and oxygen atoms in total. The molecular weight excluding hydrogens is 184 g/mol. The van der Waals surface area contributed by atoms with Gasteiger partial charge < -0.3 is 0 Å². The molecule has 0 N–H and O–H groups in total. The first-order chi connectivity index (χ1) is 6.56. The smallest absolute Gasteiger partial charge is 0.0695 e. The van der Waals surface area contributed by atoms with E-state index in [0.717, 1.165) is 6.42 Å². The molecule has 0 atom stereocenters. The van der Waals surface area contributed by atoms with Crippen LogP contribution in [0.25, 0.3) is 0 Å². The average Bonchev–Trinajstić information content (AvgIpc) is 2.08. The molecule has 0 saturated heterocycles. The van der Waals surface area contributed by atoms with Crippen molar-refractivity contribution in [1.82, 2.24) is 0 Å². The molecule has 0 amide bonds. The van der Waals surface area contributed by atoms with Gasteiger partial charge in [0.05, 0.1) is 8.07 Å². The van der Waals surface area contributed by atoms with Crippen LogP contribution >= 0.6 is 0 Å². The second-order valence-electron chi connectivity index (χ2n) is 4.83. The molecule has 0 heterocycles. The summed E-state index contributed by atoms with van der Waals surface area (Å²) in [6.07, 6.45) is 8.38. The van der Waals surface area contributed by atoms with E-state index in [2.05, 4.69) is 44.1 Å². The Morgan fingerprint density at radius 2 is 1.79 bits per heavy atom. The summed E-state index contributed by atoms with van der Waals surface area (Å²) in [4.78, 5) is 0. The summed E-state index contributed by atoms with van der Waals surface area (Å²) in [5, 5.41) is 0. The second kappa shape index (κ2) is 7.88. The fourth-order valence-corrected chi connectivity index (χ4v) is 1.65. The summed E-state index contributed by atoms with van der Waals surface area (Å²) in [7, 11) is -1.02. The third-order valence-corrected chi connectivity index (χ3v) is 3.09. The number of hydrogen-bond acceptors (Lipinski definition) is 0. The van der Waals surface area contributed by atoms with Crippen LogP contribution in [-0.2, 0) is 0 Å². The molecule has 80 valence electrons. The minimum absolute atomic E-state index is 1.02. The molecule has 0 unspecified atom stereocenters. The van der Waals surface area contributed by atoms with Crippen LogP contribution in [0, 0.1) is 11.8 Å². The monoisotopic (exact) mass is 208 g/mol. The summed E-state index contributed by atoms with van der Waals surface area (Å²) < 4.78 is 0. The largest absolute Gasteiger partial charge is 0.0985 e. The van der Waals surface area contributed by atoms with Crippen LogP contribution in [-0.4, -0.2) is 8.07 Å². The molecule has 0 rings (SSSR count). The van der Waals surface area contributed by atoms with E-state index in [1.807, 2.05) is 6.08 Å².